The summed E-state index contributed by atoms with van der Waals surface area (Å²) in [6.07, 6.45) is 6.18. The number of ketones is 1. The van der Waals surface area contributed by atoms with Crippen LogP contribution in [-0.4, -0.2) is 12.9 Å². The molecule has 0 bridgehead atoms. The largest absolute Gasteiger partial charge is 0.496 e. The summed E-state index contributed by atoms with van der Waals surface area (Å²) in [6.45, 7) is 4.19. The molecule has 0 radical (unpaired) electrons. The zero-order valence-electron chi connectivity index (χ0n) is 13.7. The van der Waals surface area contributed by atoms with Gasteiger partial charge in [-0.2, -0.15) is 0 Å². The number of halogens is 1. The van der Waals surface area contributed by atoms with Gasteiger partial charge in [0.25, 0.3) is 0 Å². The number of carbonyl (C=O) groups excluding carboxylic acids is 1. The second kappa shape index (κ2) is 5.99. The first-order valence-corrected chi connectivity index (χ1v) is 9.18. The number of hydrogen-bond acceptors (Lipinski definition) is 2. The van der Waals surface area contributed by atoms with Crippen molar-refractivity contribution in [3.8, 4) is 5.75 Å². The highest BCUT2D eigenvalue weighted by Crippen LogP contribution is 2.53. The van der Waals surface area contributed by atoms with Gasteiger partial charge in [-0.15, -0.1) is 0 Å². The van der Waals surface area contributed by atoms with Crippen molar-refractivity contribution in [3.63, 3.8) is 0 Å². The molecule has 3 heteroatoms. The van der Waals surface area contributed by atoms with Crippen LogP contribution in [0.15, 0.2) is 16.6 Å². The third kappa shape index (κ3) is 2.51. The topological polar surface area (TPSA) is 26.3 Å². The molecule has 22 heavy (non-hydrogen) atoms. The molecule has 0 aromatic heterocycles. The maximum absolute atomic E-state index is 12.3. The van der Waals surface area contributed by atoms with Crippen molar-refractivity contribution >= 4 is 21.7 Å². The number of ether oxygens (including phenoxy) is 1. The summed E-state index contributed by atoms with van der Waals surface area (Å²) in [7, 11) is 1.72. The molecular weight excluding hydrogens is 340 g/mol. The van der Waals surface area contributed by atoms with E-state index in [4.69, 9.17) is 4.74 Å². The second-order valence-corrected chi connectivity index (χ2v) is 7.93. The van der Waals surface area contributed by atoms with Gasteiger partial charge in [-0.3, -0.25) is 4.79 Å². The Kier molecular flexibility index (Phi) is 4.37. The van der Waals surface area contributed by atoms with E-state index in [-0.39, 0.29) is 5.41 Å². The predicted octanol–water partition coefficient (Wildman–Crippen LogP) is 5.27. The van der Waals surface area contributed by atoms with Crippen LogP contribution in [0.3, 0.4) is 0 Å². The van der Waals surface area contributed by atoms with E-state index in [1.165, 1.54) is 17.5 Å². The molecule has 2 nitrogen and oxygen atoms in total. The molecule has 2 aliphatic rings. The SMILES string of the molecule is CCC(=O)[C@@]1(C)CCC2c3ccc(OC)c(Br)c3CCC2C1. The summed E-state index contributed by atoms with van der Waals surface area (Å²) >= 11 is 3.72. The van der Waals surface area contributed by atoms with Crippen LogP contribution in [0.25, 0.3) is 0 Å². The summed E-state index contributed by atoms with van der Waals surface area (Å²) in [5, 5.41) is 0. The van der Waals surface area contributed by atoms with Gasteiger partial charge in [0.15, 0.2) is 0 Å². The maximum Gasteiger partial charge on any atom is 0.138 e. The molecule has 0 aliphatic heterocycles. The molecule has 0 saturated heterocycles. The Morgan fingerprint density at radius 1 is 1.41 bits per heavy atom. The third-order valence-electron chi connectivity index (χ3n) is 5.91. The lowest BCUT2D eigenvalue weighted by Gasteiger charge is -2.45. The van der Waals surface area contributed by atoms with Gasteiger partial charge in [0.2, 0.25) is 0 Å². The molecule has 120 valence electrons. The smallest absolute Gasteiger partial charge is 0.138 e. The van der Waals surface area contributed by atoms with Crippen LogP contribution < -0.4 is 4.74 Å². The lowest BCUT2D eigenvalue weighted by Crippen LogP contribution is -2.38. The number of methoxy groups -OCH3 is 1. The van der Waals surface area contributed by atoms with Crippen LogP contribution in [0.4, 0.5) is 0 Å². The summed E-state index contributed by atoms with van der Waals surface area (Å²) in [4.78, 5) is 12.3. The molecule has 2 aliphatic carbocycles. The lowest BCUT2D eigenvalue weighted by molar-refractivity contribution is -0.130. The minimum absolute atomic E-state index is 0.0862. The van der Waals surface area contributed by atoms with Crippen molar-refractivity contribution in [3.05, 3.63) is 27.7 Å². The van der Waals surface area contributed by atoms with Crippen LogP contribution in [0.2, 0.25) is 0 Å². The Hall–Kier alpha value is -0.830. The number of carbonyl (C=O) groups is 1. The fraction of sp³-hybridized carbons (Fsp3) is 0.632. The maximum atomic E-state index is 12.3. The van der Waals surface area contributed by atoms with E-state index in [2.05, 4.69) is 35.0 Å². The highest BCUT2D eigenvalue weighted by molar-refractivity contribution is 9.10. The van der Waals surface area contributed by atoms with Crippen molar-refractivity contribution < 1.29 is 9.53 Å². The van der Waals surface area contributed by atoms with E-state index < -0.39 is 0 Å². The van der Waals surface area contributed by atoms with Crippen LogP contribution in [-0.2, 0) is 11.2 Å². The number of fused-ring (bicyclic) bond motifs is 3. The minimum Gasteiger partial charge on any atom is -0.496 e. The molecule has 2 unspecified atom stereocenters. The number of Topliss-reactive ketones (excluding diaryl/α,β-unsaturated/α-hetero) is 1. The first kappa shape index (κ1) is 16.0. The van der Waals surface area contributed by atoms with E-state index in [9.17, 15) is 4.79 Å². The normalized spacial score (nSPS) is 30.4. The predicted molar refractivity (Wildman–Crippen MR) is 92.5 cm³/mol. The monoisotopic (exact) mass is 364 g/mol. The van der Waals surface area contributed by atoms with Gasteiger partial charge in [0, 0.05) is 11.8 Å². The van der Waals surface area contributed by atoms with E-state index in [0.29, 0.717) is 24.0 Å². The van der Waals surface area contributed by atoms with Crippen LogP contribution in [0.1, 0.15) is 63.0 Å². The van der Waals surface area contributed by atoms with Crippen molar-refractivity contribution in [1.29, 1.82) is 0 Å². The number of hydrogen-bond donors (Lipinski definition) is 0. The lowest BCUT2D eigenvalue weighted by atomic mass is 9.59. The first-order valence-electron chi connectivity index (χ1n) is 8.38. The summed E-state index contributed by atoms with van der Waals surface area (Å²) in [6, 6.07) is 4.33. The Morgan fingerprint density at radius 3 is 2.86 bits per heavy atom. The molecule has 1 aromatic rings. The molecule has 1 saturated carbocycles. The van der Waals surface area contributed by atoms with Crippen molar-refractivity contribution in [2.24, 2.45) is 11.3 Å². The average Bonchev–Trinajstić information content (AvgIpc) is 2.53. The van der Waals surface area contributed by atoms with Crippen molar-refractivity contribution in [2.45, 2.75) is 58.3 Å². The standard InChI is InChI=1S/C19H25BrO2/c1-4-17(21)19(2)10-9-13-12(11-19)5-6-15-14(13)7-8-16(22-3)18(15)20/h7-8,12-13H,4-6,9-11H2,1-3H3/t12?,13?,19-/m0/s1. The van der Waals surface area contributed by atoms with Gasteiger partial charge in [0.1, 0.15) is 11.5 Å². The third-order valence-corrected chi connectivity index (χ3v) is 6.78. The molecule has 1 fully saturated rings. The first-order chi connectivity index (χ1) is 10.5. The Morgan fingerprint density at radius 2 is 2.18 bits per heavy atom. The van der Waals surface area contributed by atoms with Gasteiger partial charge in [-0.25, -0.2) is 0 Å². The van der Waals surface area contributed by atoms with Crippen LogP contribution >= 0.6 is 15.9 Å². The van der Waals surface area contributed by atoms with Crippen molar-refractivity contribution in [1.82, 2.24) is 0 Å². The van der Waals surface area contributed by atoms with E-state index in [1.54, 1.807) is 7.11 Å². The zero-order valence-corrected chi connectivity index (χ0v) is 15.3. The summed E-state index contributed by atoms with van der Waals surface area (Å²) < 4.78 is 6.56. The van der Waals surface area contributed by atoms with Gasteiger partial charge in [-0.05, 0) is 77.1 Å². The van der Waals surface area contributed by atoms with E-state index in [1.807, 2.05) is 6.92 Å². The fourth-order valence-corrected chi connectivity index (χ4v) is 5.35. The van der Waals surface area contributed by atoms with Crippen LogP contribution in [0.5, 0.6) is 5.75 Å². The van der Waals surface area contributed by atoms with Gasteiger partial charge < -0.3 is 4.74 Å². The van der Waals surface area contributed by atoms with Gasteiger partial charge >= 0.3 is 0 Å². The molecule has 0 amide bonds. The van der Waals surface area contributed by atoms with Crippen LogP contribution in [0, 0.1) is 11.3 Å². The molecule has 0 heterocycles. The molecule has 3 rings (SSSR count). The quantitative estimate of drug-likeness (QED) is 0.729. The van der Waals surface area contributed by atoms with Crippen molar-refractivity contribution in [2.75, 3.05) is 7.11 Å². The fourth-order valence-electron chi connectivity index (χ4n) is 4.63. The minimum atomic E-state index is -0.0862. The second-order valence-electron chi connectivity index (χ2n) is 7.14. The summed E-state index contributed by atoms with van der Waals surface area (Å²) in [5.74, 6) is 2.65. The average molecular weight is 365 g/mol. The van der Waals surface area contributed by atoms with Gasteiger partial charge in [-0.1, -0.05) is 19.9 Å². The molecule has 3 atom stereocenters. The molecular formula is C19H25BrO2. The Balaban J connectivity index is 1.89. The Labute approximate surface area is 141 Å². The van der Waals surface area contributed by atoms with E-state index in [0.717, 1.165) is 35.9 Å². The Bertz CT molecular complexity index is 595. The summed E-state index contributed by atoms with van der Waals surface area (Å²) in [5.41, 5.74) is 2.82. The zero-order chi connectivity index (χ0) is 15.9. The number of benzene rings is 1. The highest BCUT2D eigenvalue weighted by atomic mass is 79.9. The molecule has 1 aromatic carbocycles. The van der Waals surface area contributed by atoms with Gasteiger partial charge in [0.05, 0.1) is 11.6 Å². The molecule has 0 N–H and O–H groups in total. The van der Waals surface area contributed by atoms with E-state index >= 15 is 0 Å². The highest BCUT2D eigenvalue weighted by Gasteiger charge is 2.44. The number of rotatable bonds is 3. The molecule has 0 spiro atoms.